The van der Waals surface area contributed by atoms with Crippen LogP contribution in [0.1, 0.15) is 421 Å². The van der Waals surface area contributed by atoms with Crippen LogP contribution in [-0.2, 0) is 65.4 Å². The van der Waals surface area contributed by atoms with Gasteiger partial charge in [-0.1, -0.05) is 370 Å². The lowest BCUT2D eigenvalue weighted by Crippen LogP contribution is -2.30. The van der Waals surface area contributed by atoms with Crippen molar-refractivity contribution in [2.75, 3.05) is 39.6 Å². The van der Waals surface area contributed by atoms with Gasteiger partial charge in [0.15, 0.2) is 12.2 Å². The summed E-state index contributed by atoms with van der Waals surface area (Å²) in [6, 6.07) is 0. The maximum absolute atomic E-state index is 13.1. The van der Waals surface area contributed by atoms with Gasteiger partial charge in [-0.2, -0.15) is 0 Å². The number of aliphatic hydroxyl groups is 1. The molecule has 0 rings (SSSR count). The molecule has 0 aliphatic rings. The second-order valence-electron chi connectivity index (χ2n) is 31.4. The first-order valence-corrected chi connectivity index (χ1v) is 45.2. The molecule has 0 aliphatic carbocycles. The van der Waals surface area contributed by atoms with E-state index in [0.29, 0.717) is 31.6 Å². The van der Waals surface area contributed by atoms with Crippen LogP contribution >= 0.6 is 15.6 Å². The zero-order valence-electron chi connectivity index (χ0n) is 66.5. The molecule has 3 N–H and O–H groups in total. The lowest BCUT2D eigenvalue weighted by molar-refractivity contribution is -0.161. The number of aliphatic hydroxyl groups excluding tert-OH is 1. The van der Waals surface area contributed by atoms with Crippen molar-refractivity contribution in [3.05, 3.63) is 0 Å². The van der Waals surface area contributed by atoms with Crippen molar-refractivity contribution < 1.29 is 80.2 Å². The van der Waals surface area contributed by atoms with Crippen LogP contribution in [0.15, 0.2) is 0 Å². The number of esters is 4. The Hall–Kier alpha value is -1.94. The molecule has 0 bridgehead atoms. The molecular weight excluding hydrogens is 1320 g/mol. The van der Waals surface area contributed by atoms with E-state index in [-0.39, 0.29) is 25.7 Å². The number of phosphoric ester groups is 2. The highest BCUT2D eigenvalue weighted by molar-refractivity contribution is 7.47. The van der Waals surface area contributed by atoms with Crippen LogP contribution in [0.3, 0.4) is 0 Å². The molecule has 101 heavy (non-hydrogen) atoms. The minimum Gasteiger partial charge on any atom is -0.462 e. The molecule has 0 aliphatic heterocycles. The fraction of sp³-hybridized carbons (Fsp3) is 0.951. The van der Waals surface area contributed by atoms with Gasteiger partial charge in [0.25, 0.3) is 0 Å². The van der Waals surface area contributed by atoms with E-state index < -0.39 is 97.5 Å². The van der Waals surface area contributed by atoms with Gasteiger partial charge in [-0.3, -0.25) is 37.3 Å². The Balaban J connectivity index is 5.17. The van der Waals surface area contributed by atoms with Gasteiger partial charge in [-0.25, -0.2) is 9.13 Å². The van der Waals surface area contributed by atoms with Crippen LogP contribution in [0.5, 0.6) is 0 Å². The van der Waals surface area contributed by atoms with E-state index >= 15 is 0 Å². The zero-order valence-corrected chi connectivity index (χ0v) is 68.3. The number of ether oxygens (including phenoxy) is 4. The highest BCUT2D eigenvalue weighted by Gasteiger charge is 2.30. The van der Waals surface area contributed by atoms with Crippen molar-refractivity contribution in [2.45, 2.75) is 440 Å². The summed E-state index contributed by atoms with van der Waals surface area (Å²) in [4.78, 5) is 73.0. The van der Waals surface area contributed by atoms with Crippen molar-refractivity contribution >= 4 is 39.5 Å². The predicted octanol–water partition coefficient (Wildman–Crippen LogP) is 24.4. The van der Waals surface area contributed by atoms with Gasteiger partial charge < -0.3 is 33.8 Å². The number of carbonyl (C=O) groups excluding carboxylic acids is 4. The van der Waals surface area contributed by atoms with Gasteiger partial charge in [-0.05, 0) is 49.4 Å². The molecule has 0 spiro atoms. The molecule has 600 valence electrons. The van der Waals surface area contributed by atoms with E-state index in [1.54, 1.807) is 0 Å². The number of hydrogen-bond donors (Lipinski definition) is 3. The van der Waals surface area contributed by atoms with Crippen molar-refractivity contribution in [1.29, 1.82) is 0 Å². The van der Waals surface area contributed by atoms with Crippen molar-refractivity contribution in [1.82, 2.24) is 0 Å². The van der Waals surface area contributed by atoms with Gasteiger partial charge in [0, 0.05) is 25.7 Å². The largest absolute Gasteiger partial charge is 0.472 e. The number of carbonyl (C=O) groups is 4. The van der Waals surface area contributed by atoms with Crippen LogP contribution in [0, 0.1) is 23.7 Å². The lowest BCUT2D eigenvalue weighted by atomic mass is 10.0. The second kappa shape index (κ2) is 71.0. The van der Waals surface area contributed by atoms with Crippen molar-refractivity contribution in [3.8, 4) is 0 Å². The van der Waals surface area contributed by atoms with Gasteiger partial charge in [-0.15, -0.1) is 0 Å². The number of phosphoric acid groups is 2. The molecule has 0 aromatic carbocycles. The maximum atomic E-state index is 13.1. The maximum Gasteiger partial charge on any atom is 0.472 e. The van der Waals surface area contributed by atoms with E-state index in [4.69, 9.17) is 37.0 Å². The molecule has 0 saturated carbocycles. The summed E-state index contributed by atoms with van der Waals surface area (Å²) in [7, 11) is -9.92. The smallest absolute Gasteiger partial charge is 0.462 e. The average molecular weight is 1480 g/mol. The normalized spacial score (nSPS) is 14.0. The van der Waals surface area contributed by atoms with E-state index in [2.05, 4.69) is 55.4 Å². The fourth-order valence-electron chi connectivity index (χ4n) is 12.6. The molecule has 19 heteroatoms. The third-order valence-corrected chi connectivity index (χ3v) is 21.0. The molecule has 0 aromatic rings. The van der Waals surface area contributed by atoms with Crippen molar-refractivity contribution in [2.24, 2.45) is 23.7 Å². The molecule has 0 amide bonds. The zero-order chi connectivity index (χ0) is 74.6. The van der Waals surface area contributed by atoms with Gasteiger partial charge >= 0.3 is 39.5 Å². The summed E-state index contributed by atoms with van der Waals surface area (Å²) < 4.78 is 68.7. The van der Waals surface area contributed by atoms with E-state index in [0.717, 1.165) is 114 Å². The molecule has 0 radical (unpaired) electrons. The summed E-state index contributed by atoms with van der Waals surface area (Å²) >= 11 is 0. The number of unbranched alkanes of at least 4 members (excludes halogenated alkanes) is 45. The monoisotopic (exact) mass is 1480 g/mol. The quantitative estimate of drug-likeness (QED) is 0.0222. The van der Waals surface area contributed by atoms with Crippen LogP contribution < -0.4 is 0 Å². The van der Waals surface area contributed by atoms with E-state index in [1.807, 2.05) is 0 Å². The van der Waals surface area contributed by atoms with Crippen LogP contribution in [-0.4, -0.2) is 96.7 Å². The first-order valence-electron chi connectivity index (χ1n) is 42.2. The average Bonchev–Trinajstić information content (AvgIpc) is 0.916. The molecule has 0 aromatic heterocycles. The third-order valence-electron chi connectivity index (χ3n) is 19.1. The van der Waals surface area contributed by atoms with E-state index in [1.165, 1.54) is 218 Å². The van der Waals surface area contributed by atoms with Crippen LogP contribution in [0.4, 0.5) is 0 Å². The Kier molecular flexibility index (Phi) is 69.6. The second-order valence-corrected chi connectivity index (χ2v) is 34.3. The molecule has 0 saturated heterocycles. The first kappa shape index (κ1) is 99.1. The minimum atomic E-state index is -4.96. The lowest BCUT2D eigenvalue weighted by Gasteiger charge is -2.21. The Morgan fingerprint density at radius 2 is 0.416 bits per heavy atom. The molecule has 5 atom stereocenters. The molecule has 0 fully saturated rings. The molecule has 3 unspecified atom stereocenters. The molecular formula is C82H160O17P2. The third kappa shape index (κ3) is 76.1. The summed E-state index contributed by atoms with van der Waals surface area (Å²) in [6.45, 7) is 14.2. The van der Waals surface area contributed by atoms with Gasteiger partial charge in [0.2, 0.25) is 0 Å². The summed E-state index contributed by atoms with van der Waals surface area (Å²) in [5.41, 5.74) is 0. The fourth-order valence-corrected chi connectivity index (χ4v) is 14.2. The van der Waals surface area contributed by atoms with Gasteiger partial charge in [0.1, 0.15) is 19.3 Å². The minimum absolute atomic E-state index is 0.105. The standard InChI is InChI=1S/C82H160O17P2/c1-72(2)58-50-42-34-27-22-18-14-11-9-10-12-16-20-24-30-38-46-54-62-79(84)92-68-77(99-82(87)65-57-49-40-32-26-29-36-44-52-60-74(5)6)70-96-100(88,89)94-66-76(83)67-95-101(90,91)97-71-78(69-93-80(85)63-55-47-41-33-37-45-53-61-75(7)8)98-81(86)64-56-48-39-31-25-21-17-13-15-19-23-28-35-43-51-59-73(3)4/h72-78,83H,9-71H2,1-8H3,(H,88,89)(H,90,91)/t76?,77-,78-/m1/s1. The summed E-state index contributed by atoms with van der Waals surface area (Å²) in [6.07, 6.45) is 58.5. The van der Waals surface area contributed by atoms with Crippen LogP contribution in [0.25, 0.3) is 0 Å². The van der Waals surface area contributed by atoms with Gasteiger partial charge in [0.05, 0.1) is 26.4 Å². The Labute approximate surface area is 619 Å². The topological polar surface area (TPSA) is 237 Å². The summed E-state index contributed by atoms with van der Waals surface area (Å²) in [5, 5.41) is 10.6. The highest BCUT2D eigenvalue weighted by atomic mass is 31.2. The first-order chi connectivity index (χ1) is 48.6. The summed E-state index contributed by atoms with van der Waals surface area (Å²) in [5.74, 6) is 0.952. The van der Waals surface area contributed by atoms with Crippen LogP contribution in [0.2, 0.25) is 0 Å². The van der Waals surface area contributed by atoms with E-state index in [9.17, 15) is 43.2 Å². The number of rotatable bonds is 79. The molecule has 0 heterocycles. The Bertz CT molecular complexity index is 1970. The highest BCUT2D eigenvalue weighted by Crippen LogP contribution is 2.45. The number of hydrogen-bond acceptors (Lipinski definition) is 15. The molecule has 17 nitrogen and oxygen atoms in total. The Morgan fingerprint density at radius 3 is 0.614 bits per heavy atom. The van der Waals surface area contributed by atoms with Crippen molar-refractivity contribution in [3.63, 3.8) is 0 Å². The SMILES string of the molecule is CC(C)CCCCCCCCCCCCCCCCCCCCC(=O)OC[C@H](COP(=O)(O)OCC(O)COP(=O)(O)OC[C@@H](COC(=O)CCCCCCCCCC(C)C)OC(=O)CCCCCCCCCCCCCCCCCC(C)C)OC(=O)CCCCCCCCCCCC(C)C. The predicted molar refractivity (Wildman–Crippen MR) is 414 cm³/mol. The Morgan fingerprint density at radius 1 is 0.248 bits per heavy atom.